The zero-order chi connectivity index (χ0) is 8.27. The third-order valence-corrected chi connectivity index (χ3v) is 1.60. The molecule has 1 aromatic carbocycles. The second-order valence-corrected chi connectivity index (χ2v) is 2.50. The molecular formula is C7H5ClFNS. The van der Waals surface area contributed by atoms with Gasteiger partial charge >= 0.3 is 0 Å². The van der Waals surface area contributed by atoms with Crippen LogP contribution >= 0.6 is 23.8 Å². The molecule has 0 spiro atoms. The van der Waals surface area contributed by atoms with Crippen molar-refractivity contribution in [1.82, 2.24) is 0 Å². The largest absolute Gasteiger partial charge is 0.349 e. The van der Waals surface area contributed by atoms with Gasteiger partial charge in [0.25, 0.3) is 0 Å². The second-order valence-electron chi connectivity index (χ2n) is 1.86. The fourth-order valence-electron chi connectivity index (χ4n) is 0.695. The van der Waals surface area contributed by atoms with E-state index in [0.29, 0.717) is 5.02 Å². The lowest BCUT2D eigenvalue weighted by Crippen LogP contribution is -1.95. The average molecular weight is 190 g/mol. The monoisotopic (exact) mass is 189 g/mol. The summed E-state index contributed by atoms with van der Waals surface area (Å²) in [7, 11) is 0. The van der Waals surface area contributed by atoms with E-state index in [2.05, 4.69) is 17.5 Å². The van der Waals surface area contributed by atoms with Crippen molar-refractivity contribution < 1.29 is 4.39 Å². The minimum atomic E-state index is -0.404. The molecule has 0 saturated carbocycles. The summed E-state index contributed by atoms with van der Waals surface area (Å²) < 4.78 is 12.8. The molecule has 1 nitrogen and oxygen atoms in total. The first-order chi connectivity index (χ1) is 5.25. The van der Waals surface area contributed by atoms with E-state index in [1.54, 1.807) is 6.07 Å². The van der Waals surface area contributed by atoms with Crippen molar-refractivity contribution in [2.24, 2.45) is 0 Å². The SMILES string of the molecule is Fc1cccc(Cl)c1NC=S. The zero-order valence-corrected chi connectivity index (χ0v) is 7.05. The Balaban J connectivity index is 3.09. The number of nitrogens with one attached hydrogen (secondary N) is 1. The van der Waals surface area contributed by atoms with Crippen molar-refractivity contribution >= 4 is 35.0 Å². The van der Waals surface area contributed by atoms with Gasteiger partial charge in [0, 0.05) is 0 Å². The molecule has 0 heterocycles. The van der Waals surface area contributed by atoms with Crippen molar-refractivity contribution in [3.63, 3.8) is 0 Å². The summed E-state index contributed by atoms with van der Waals surface area (Å²) in [6, 6.07) is 4.44. The second kappa shape index (κ2) is 3.64. The number of para-hydroxylation sites is 1. The third kappa shape index (κ3) is 1.88. The summed E-state index contributed by atoms with van der Waals surface area (Å²) in [4.78, 5) is 0. The Bertz CT molecular complexity index is 257. The summed E-state index contributed by atoms with van der Waals surface area (Å²) in [5, 5.41) is 2.85. The highest BCUT2D eigenvalue weighted by molar-refractivity contribution is 7.79. The molecule has 1 N–H and O–H groups in total. The van der Waals surface area contributed by atoms with Gasteiger partial charge in [-0.1, -0.05) is 29.9 Å². The lowest BCUT2D eigenvalue weighted by Gasteiger charge is -2.02. The Morgan fingerprint density at radius 2 is 2.27 bits per heavy atom. The van der Waals surface area contributed by atoms with Crippen molar-refractivity contribution in [2.45, 2.75) is 0 Å². The molecule has 0 aromatic heterocycles. The van der Waals surface area contributed by atoms with E-state index in [9.17, 15) is 4.39 Å². The van der Waals surface area contributed by atoms with Gasteiger partial charge in [-0.2, -0.15) is 0 Å². The van der Waals surface area contributed by atoms with Gasteiger partial charge in [-0.15, -0.1) is 0 Å². The van der Waals surface area contributed by atoms with E-state index in [0.717, 1.165) is 0 Å². The van der Waals surface area contributed by atoms with Gasteiger partial charge in [-0.3, -0.25) is 0 Å². The Hall–Kier alpha value is -0.670. The third-order valence-electron chi connectivity index (χ3n) is 1.17. The Morgan fingerprint density at radius 3 is 2.82 bits per heavy atom. The Labute approximate surface area is 74.2 Å². The maximum atomic E-state index is 12.8. The molecule has 0 atom stereocenters. The summed E-state index contributed by atoms with van der Waals surface area (Å²) in [5.74, 6) is -0.404. The normalized spacial score (nSPS) is 9.27. The molecule has 0 bridgehead atoms. The minimum absolute atomic E-state index is 0.226. The molecule has 0 aliphatic rings. The number of hydrogen-bond acceptors (Lipinski definition) is 1. The maximum Gasteiger partial charge on any atom is 0.148 e. The first kappa shape index (κ1) is 8.43. The highest BCUT2D eigenvalue weighted by atomic mass is 35.5. The predicted octanol–water partition coefficient (Wildman–Crippen LogP) is 2.85. The highest BCUT2D eigenvalue weighted by Crippen LogP contribution is 2.23. The first-order valence-electron chi connectivity index (χ1n) is 2.90. The molecular weight excluding hydrogens is 185 g/mol. The van der Waals surface area contributed by atoms with Crippen LogP contribution in [0.5, 0.6) is 0 Å². The molecule has 1 rings (SSSR count). The van der Waals surface area contributed by atoms with Gasteiger partial charge in [-0.05, 0) is 12.1 Å². The van der Waals surface area contributed by atoms with E-state index in [4.69, 9.17) is 11.6 Å². The van der Waals surface area contributed by atoms with Gasteiger partial charge < -0.3 is 5.32 Å². The molecule has 0 fully saturated rings. The standard InChI is InChI=1S/C7H5ClFNS/c8-5-2-1-3-6(9)7(5)10-4-11/h1-4H,(H,10,11). The van der Waals surface area contributed by atoms with Crippen LogP contribution in [-0.4, -0.2) is 5.49 Å². The number of benzene rings is 1. The molecule has 0 aliphatic carbocycles. The zero-order valence-electron chi connectivity index (χ0n) is 5.47. The summed E-state index contributed by atoms with van der Waals surface area (Å²) in [5.41, 5.74) is 1.44. The van der Waals surface area contributed by atoms with E-state index < -0.39 is 5.82 Å². The fourth-order valence-corrected chi connectivity index (χ4v) is 1.03. The van der Waals surface area contributed by atoms with Crippen LogP contribution in [0.25, 0.3) is 0 Å². The Kier molecular flexibility index (Phi) is 2.79. The molecule has 1 aromatic rings. The molecule has 4 heteroatoms. The van der Waals surface area contributed by atoms with E-state index >= 15 is 0 Å². The van der Waals surface area contributed by atoms with Gasteiger partial charge in [0.15, 0.2) is 0 Å². The van der Waals surface area contributed by atoms with Gasteiger partial charge in [0.1, 0.15) is 5.82 Å². The molecule has 0 radical (unpaired) electrons. The lowest BCUT2D eigenvalue weighted by atomic mass is 10.3. The molecule has 58 valence electrons. The van der Waals surface area contributed by atoms with Gasteiger partial charge in [-0.25, -0.2) is 4.39 Å². The fraction of sp³-hybridized carbons (Fsp3) is 0. The number of anilines is 1. The molecule has 0 amide bonds. The first-order valence-corrected chi connectivity index (χ1v) is 3.75. The van der Waals surface area contributed by atoms with Crippen LogP contribution in [0, 0.1) is 5.82 Å². The quantitative estimate of drug-likeness (QED) is 0.719. The van der Waals surface area contributed by atoms with Crippen molar-refractivity contribution in [3.8, 4) is 0 Å². The lowest BCUT2D eigenvalue weighted by molar-refractivity contribution is 0.632. The smallest absolute Gasteiger partial charge is 0.148 e. The number of rotatable bonds is 2. The Morgan fingerprint density at radius 1 is 1.55 bits per heavy atom. The van der Waals surface area contributed by atoms with Crippen LogP contribution in [0.4, 0.5) is 10.1 Å². The molecule has 0 saturated heterocycles. The number of halogens is 2. The molecule has 0 aliphatic heterocycles. The van der Waals surface area contributed by atoms with Crippen molar-refractivity contribution in [2.75, 3.05) is 5.32 Å². The molecule has 11 heavy (non-hydrogen) atoms. The summed E-state index contributed by atoms with van der Waals surface area (Å²) in [6.07, 6.45) is 0. The van der Waals surface area contributed by atoms with Crippen LogP contribution in [0.3, 0.4) is 0 Å². The topological polar surface area (TPSA) is 12.0 Å². The van der Waals surface area contributed by atoms with E-state index in [-0.39, 0.29) is 5.69 Å². The average Bonchev–Trinajstić information content (AvgIpc) is 1.97. The van der Waals surface area contributed by atoms with Crippen LogP contribution in [0.1, 0.15) is 0 Å². The van der Waals surface area contributed by atoms with Gasteiger partial charge in [0.05, 0.1) is 16.2 Å². The van der Waals surface area contributed by atoms with Crippen LogP contribution in [-0.2, 0) is 0 Å². The van der Waals surface area contributed by atoms with Crippen LogP contribution in [0.2, 0.25) is 5.02 Å². The predicted molar refractivity (Wildman–Crippen MR) is 48.7 cm³/mol. The van der Waals surface area contributed by atoms with Crippen molar-refractivity contribution in [3.05, 3.63) is 29.0 Å². The number of hydrogen-bond donors (Lipinski definition) is 1. The van der Waals surface area contributed by atoms with E-state index in [1.807, 2.05) is 0 Å². The molecule has 0 unspecified atom stereocenters. The minimum Gasteiger partial charge on any atom is -0.349 e. The van der Waals surface area contributed by atoms with Crippen LogP contribution in [0.15, 0.2) is 18.2 Å². The van der Waals surface area contributed by atoms with Crippen molar-refractivity contribution in [1.29, 1.82) is 0 Å². The maximum absolute atomic E-state index is 12.8. The van der Waals surface area contributed by atoms with Gasteiger partial charge in [0.2, 0.25) is 0 Å². The number of thiocarbonyl (C=S) groups is 1. The summed E-state index contributed by atoms with van der Waals surface area (Å²) >= 11 is 10.1. The highest BCUT2D eigenvalue weighted by Gasteiger charge is 2.03. The van der Waals surface area contributed by atoms with E-state index in [1.165, 1.54) is 17.6 Å². The summed E-state index contributed by atoms with van der Waals surface area (Å²) in [6.45, 7) is 0. The van der Waals surface area contributed by atoms with Crippen LogP contribution < -0.4 is 5.32 Å².